The minimum absolute atomic E-state index is 0.770. The molecule has 1 heteroatoms. The van der Waals surface area contributed by atoms with Crippen LogP contribution >= 0.6 is 0 Å². The third kappa shape index (κ3) is 1.82. The van der Waals surface area contributed by atoms with Gasteiger partial charge in [0.1, 0.15) is 5.75 Å². The molecule has 0 spiro atoms. The monoisotopic (exact) mass is 224 g/mol. The number of aryl methyl sites for hydroxylation is 2. The third-order valence-electron chi connectivity index (χ3n) is 3.32. The first-order valence-electron chi connectivity index (χ1n) is 6.07. The van der Waals surface area contributed by atoms with E-state index in [2.05, 4.69) is 50.2 Å². The lowest BCUT2D eigenvalue weighted by molar-refractivity contribution is 0.326. The highest BCUT2D eigenvalue weighted by molar-refractivity contribution is 5.75. The predicted octanol–water partition coefficient (Wildman–Crippen LogP) is 3.91. The van der Waals surface area contributed by atoms with Crippen LogP contribution in [0.15, 0.2) is 36.4 Å². The van der Waals surface area contributed by atoms with E-state index in [1.165, 1.54) is 27.8 Å². The summed E-state index contributed by atoms with van der Waals surface area (Å²) < 4.78 is 5.83. The summed E-state index contributed by atoms with van der Waals surface area (Å²) in [4.78, 5) is 0. The van der Waals surface area contributed by atoms with Crippen molar-refractivity contribution in [2.24, 2.45) is 0 Å². The zero-order valence-electron chi connectivity index (χ0n) is 10.3. The molecule has 0 aromatic heterocycles. The van der Waals surface area contributed by atoms with Crippen molar-refractivity contribution in [3.8, 4) is 16.9 Å². The van der Waals surface area contributed by atoms with Crippen LogP contribution in [-0.2, 0) is 6.42 Å². The fourth-order valence-corrected chi connectivity index (χ4v) is 2.41. The molecule has 0 aliphatic carbocycles. The van der Waals surface area contributed by atoms with Gasteiger partial charge in [-0.15, -0.1) is 0 Å². The van der Waals surface area contributed by atoms with Crippen molar-refractivity contribution in [3.05, 3.63) is 53.1 Å². The van der Waals surface area contributed by atoms with Crippen molar-refractivity contribution in [3.63, 3.8) is 0 Å². The van der Waals surface area contributed by atoms with Crippen LogP contribution in [0.4, 0.5) is 0 Å². The van der Waals surface area contributed by atoms with Gasteiger partial charge in [0.2, 0.25) is 0 Å². The van der Waals surface area contributed by atoms with E-state index in [0.29, 0.717) is 0 Å². The Kier molecular flexibility index (Phi) is 2.40. The normalized spacial score (nSPS) is 13.3. The van der Waals surface area contributed by atoms with Crippen molar-refractivity contribution < 1.29 is 4.74 Å². The molecule has 0 N–H and O–H groups in total. The van der Waals surface area contributed by atoms with E-state index in [4.69, 9.17) is 4.74 Å². The van der Waals surface area contributed by atoms with Crippen molar-refractivity contribution >= 4 is 0 Å². The molecule has 3 rings (SSSR count). The number of hydrogen-bond acceptors (Lipinski definition) is 1. The number of ether oxygens (including phenoxy) is 1. The lowest BCUT2D eigenvalue weighted by Crippen LogP contribution is -1.98. The topological polar surface area (TPSA) is 9.23 Å². The van der Waals surface area contributed by atoms with Crippen LogP contribution in [0.1, 0.15) is 16.7 Å². The van der Waals surface area contributed by atoms with Gasteiger partial charge in [-0.1, -0.05) is 35.4 Å². The van der Waals surface area contributed by atoms with Crippen molar-refractivity contribution in [1.82, 2.24) is 0 Å². The van der Waals surface area contributed by atoms with Crippen LogP contribution in [0.3, 0.4) is 0 Å². The van der Waals surface area contributed by atoms with Crippen LogP contribution < -0.4 is 4.74 Å². The van der Waals surface area contributed by atoms with Gasteiger partial charge in [-0.3, -0.25) is 0 Å². The lowest BCUT2D eigenvalue weighted by Gasteiger charge is -2.10. The standard InChI is InChI=1S/C16H16O/c1-11-3-5-13-7-8-17-16-6-4-12(2)10-15(16)14(13)9-11/h3-6,9-10H,7-8H2,1-2H3. The van der Waals surface area contributed by atoms with Gasteiger partial charge < -0.3 is 4.74 Å². The van der Waals surface area contributed by atoms with Crippen LogP contribution in [0.5, 0.6) is 5.75 Å². The molecule has 2 aromatic carbocycles. The molecule has 0 amide bonds. The van der Waals surface area contributed by atoms with Gasteiger partial charge >= 0.3 is 0 Å². The van der Waals surface area contributed by atoms with Crippen LogP contribution in [0.25, 0.3) is 11.1 Å². The van der Waals surface area contributed by atoms with Crippen molar-refractivity contribution in [2.75, 3.05) is 6.61 Å². The Morgan fingerprint density at radius 3 is 2.41 bits per heavy atom. The van der Waals surface area contributed by atoms with Gasteiger partial charge in [0.25, 0.3) is 0 Å². The Balaban J connectivity index is 2.28. The Bertz CT molecular complexity index is 518. The average molecular weight is 224 g/mol. The van der Waals surface area contributed by atoms with Crippen LogP contribution in [-0.4, -0.2) is 6.61 Å². The summed E-state index contributed by atoms with van der Waals surface area (Å²) in [5.41, 5.74) is 6.54. The Morgan fingerprint density at radius 1 is 0.882 bits per heavy atom. The van der Waals surface area contributed by atoms with Gasteiger partial charge in [0.15, 0.2) is 0 Å². The van der Waals surface area contributed by atoms with Crippen LogP contribution in [0, 0.1) is 13.8 Å². The molecule has 1 heterocycles. The highest BCUT2D eigenvalue weighted by Crippen LogP contribution is 2.36. The van der Waals surface area contributed by atoms with E-state index in [0.717, 1.165) is 18.8 Å². The molecule has 0 saturated heterocycles. The first-order chi connectivity index (χ1) is 8.24. The number of benzene rings is 2. The predicted molar refractivity (Wildman–Crippen MR) is 70.6 cm³/mol. The second-order valence-electron chi connectivity index (χ2n) is 4.76. The molecule has 0 bridgehead atoms. The molecule has 2 aromatic rings. The van der Waals surface area contributed by atoms with E-state index >= 15 is 0 Å². The second-order valence-corrected chi connectivity index (χ2v) is 4.76. The summed E-state index contributed by atoms with van der Waals surface area (Å²) in [6.07, 6.45) is 0.989. The highest BCUT2D eigenvalue weighted by atomic mass is 16.5. The van der Waals surface area contributed by atoms with E-state index in [1.807, 2.05) is 0 Å². The molecule has 1 nitrogen and oxygen atoms in total. The van der Waals surface area contributed by atoms with Gasteiger partial charge in [-0.25, -0.2) is 0 Å². The smallest absolute Gasteiger partial charge is 0.127 e. The summed E-state index contributed by atoms with van der Waals surface area (Å²) in [7, 11) is 0. The fraction of sp³-hybridized carbons (Fsp3) is 0.250. The van der Waals surface area contributed by atoms with E-state index < -0.39 is 0 Å². The minimum Gasteiger partial charge on any atom is -0.493 e. The lowest BCUT2D eigenvalue weighted by atomic mass is 9.95. The third-order valence-corrected chi connectivity index (χ3v) is 3.32. The molecule has 86 valence electrons. The van der Waals surface area contributed by atoms with Gasteiger partial charge in [0, 0.05) is 12.0 Å². The van der Waals surface area contributed by atoms with Crippen LogP contribution in [0.2, 0.25) is 0 Å². The molecule has 17 heavy (non-hydrogen) atoms. The number of rotatable bonds is 0. The van der Waals surface area contributed by atoms with Gasteiger partial charge in [-0.2, -0.15) is 0 Å². The Morgan fingerprint density at radius 2 is 1.59 bits per heavy atom. The molecular formula is C16H16O. The highest BCUT2D eigenvalue weighted by Gasteiger charge is 2.15. The summed E-state index contributed by atoms with van der Waals surface area (Å²) in [6.45, 7) is 5.04. The summed E-state index contributed by atoms with van der Waals surface area (Å²) >= 11 is 0. The van der Waals surface area contributed by atoms with E-state index in [9.17, 15) is 0 Å². The molecule has 1 aliphatic heterocycles. The molecule has 0 atom stereocenters. The quantitative estimate of drug-likeness (QED) is 0.659. The first kappa shape index (κ1) is 10.4. The molecular weight excluding hydrogens is 208 g/mol. The maximum Gasteiger partial charge on any atom is 0.127 e. The van der Waals surface area contributed by atoms with E-state index in [-0.39, 0.29) is 0 Å². The number of hydrogen-bond donors (Lipinski definition) is 0. The molecule has 0 saturated carbocycles. The summed E-state index contributed by atoms with van der Waals surface area (Å²) in [6, 6.07) is 13.1. The van der Waals surface area contributed by atoms with Gasteiger partial charge in [0.05, 0.1) is 6.61 Å². The first-order valence-corrected chi connectivity index (χ1v) is 6.07. The number of fused-ring (bicyclic) bond motifs is 3. The fourth-order valence-electron chi connectivity index (χ4n) is 2.41. The summed E-state index contributed by atoms with van der Waals surface area (Å²) in [5, 5.41) is 0. The largest absolute Gasteiger partial charge is 0.493 e. The minimum atomic E-state index is 0.770. The molecule has 1 aliphatic rings. The van der Waals surface area contributed by atoms with Crippen molar-refractivity contribution in [1.29, 1.82) is 0 Å². The molecule has 0 fully saturated rings. The Hall–Kier alpha value is -1.76. The zero-order chi connectivity index (χ0) is 11.8. The maximum absolute atomic E-state index is 5.83. The Labute approximate surface area is 102 Å². The molecule has 0 radical (unpaired) electrons. The van der Waals surface area contributed by atoms with Crippen molar-refractivity contribution in [2.45, 2.75) is 20.3 Å². The maximum atomic E-state index is 5.83. The molecule has 0 unspecified atom stereocenters. The average Bonchev–Trinajstić information content (AvgIpc) is 2.48. The van der Waals surface area contributed by atoms with E-state index in [1.54, 1.807) is 0 Å². The second kappa shape index (κ2) is 3.92. The van der Waals surface area contributed by atoms with Gasteiger partial charge in [-0.05, 0) is 37.1 Å². The summed E-state index contributed by atoms with van der Waals surface area (Å²) in [5.74, 6) is 1.01. The SMILES string of the molecule is Cc1ccc2c(c1)-c1cc(C)ccc1OCC2. The zero-order valence-corrected chi connectivity index (χ0v) is 10.3.